The van der Waals surface area contributed by atoms with Gasteiger partial charge in [0.15, 0.2) is 0 Å². The van der Waals surface area contributed by atoms with E-state index >= 15 is 0 Å². The lowest BCUT2D eigenvalue weighted by atomic mass is 9.79. The molecule has 0 aromatic heterocycles. The van der Waals surface area contributed by atoms with Gasteiger partial charge in [0.2, 0.25) is 5.91 Å². The fraction of sp³-hybridized carbons (Fsp3) is 0.600. The Morgan fingerprint density at radius 1 is 1.21 bits per heavy atom. The maximum atomic E-state index is 13.4. The first-order valence-electron chi connectivity index (χ1n) is 9.02. The molecule has 4 heteroatoms. The number of nitrogens with zero attached hydrogens (tertiary/aromatic N) is 1. The van der Waals surface area contributed by atoms with E-state index in [1.165, 1.54) is 5.56 Å². The molecule has 0 N–H and O–H groups in total. The number of benzene rings is 1. The van der Waals surface area contributed by atoms with Crippen molar-refractivity contribution < 1.29 is 14.3 Å². The number of carbonyl (C=O) groups is 2. The smallest absolute Gasteiger partial charge is 0.310 e. The zero-order valence-electron chi connectivity index (χ0n) is 14.8. The summed E-state index contributed by atoms with van der Waals surface area (Å²) >= 11 is 0. The number of fused-ring (bicyclic) bond motifs is 1. The molecule has 1 aliphatic heterocycles. The number of anilines is 1. The molecule has 0 spiro atoms. The second kappa shape index (κ2) is 5.33. The number of carbonyl (C=O) groups excluding carboxylic acids is 2. The molecule has 2 saturated carbocycles. The Hall–Kier alpha value is -1.84. The molecule has 1 saturated heterocycles. The summed E-state index contributed by atoms with van der Waals surface area (Å²) in [5.74, 6) is 0.154. The first-order chi connectivity index (χ1) is 11.4. The van der Waals surface area contributed by atoms with E-state index in [9.17, 15) is 9.59 Å². The maximum Gasteiger partial charge on any atom is 0.310 e. The Morgan fingerprint density at radius 2 is 1.88 bits per heavy atom. The highest BCUT2D eigenvalue weighted by molar-refractivity contribution is 6.00. The van der Waals surface area contributed by atoms with Crippen LogP contribution in [0.25, 0.3) is 0 Å². The molecule has 1 unspecified atom stereocenters. The highest BCUT2D eigenvalue weighted by atomic mass is 16.6. The second-order valence-corrected chi connectivity index (χ2v) is 7.75. The van der Waals surface area contributed by atoms with Crippen LogP contribution in [0.5, 0.6) is 0 Å². The fourth-order valence-corrected chi connectivity index (χ4v) is 5.54. The van der Waals surface area contributed by atoms with E-state index in [2.05, 4.69) is 32.9 Å². The largest absolute Gasteiger partial charge is 0.462 e. The van der Waals surface area contributed by atoms with E-state index in [4.69, 9.17) is 4.74 Å². The predicted octanol–water partition coefficient (Wildman–Crippen LogP) is 3.16. The normalized spacial score (nSPS) is 33.0. The SMILES string of the molecule is CCN(C(=O)C1[C@H]2C[C@@H]3[C@H](C2)OC(=O)[C@H]13)c1c(C)cc(C)cc1C. The zero-order valence-corrected chi connectivity index (χ0v) is 14.8. The molecule has 128 valence electrons. The van der Waals surface area contributed by atoms with Crippen molar-refractivity contribution in [3.05, 3.63) is 28.8 Å². The van der Waals surface area contributed by atoms with Crippen LogP contribution in [0.1, 0.15) is 36.5 Å². The first kappa shape index (κ1) is 15.7. The Labute approximate surface area is 143 Å². The van der Waals surface area contributed by atoms with Crippen molar-refractivity contribution in [3.8, 4) is 0 Å². The molecular formula is C20H25NO3. The van der Waals surface area contributed by atoms with Gasteiger partial charge in [0.05, 0.1) is 11.8 Å². The van der Waals surface area contributed by atoms with Crippen molar-refractivity contribution in [3.63, 3.8) is 0 Å². The highest BCUT2D eigenvalue weighted by Crippen LogP contribution is 2.58. The molecule has 1 amide bonds. The third-order valence-corrected chi connectivity index (χ3v) is 6.26. The monoisotopic (exact) mass is 327 g/mol. The van der Waals surface area contributed by atoms with E-state index in [1.807, 2.05) is 11.8 Å². The molecule has 2 aliphatic carbocycles. The number of hydrogen-bond acceptors (Lipinski definition) is 3. The first-order valence-corrected chi connectivity index (χ1v) is 9.02. The molecule has 4 rings (SSSR count). The van der Waals surface area contributed by atoms with E-state index < -0.39 is 0 Å². The Balaban J connectivity index is 1.70. The summed E-state index contributed by atoms with van der Waals surface area (Å²) in [4.78, 5) is 27.5. The van der Waals surface area contributed by atoms with Gasteiger partial charge in [-0.2, -0.15) is 0 Å². The highest BCUT2D eigenvalue weighted by Gasteiger charge is 2.64. The van der Waals surface area contributed by atoms with Gasteiger partial charge in [-0.25, -0.2) is 0 Å². The summed E-state index contributed by atoms with van der Waals surface area (Å²) in [6, 6.07) is 4.25. The van der Waals surface area contributed by atoms with Gasteiger partial charge in [-0.1, -0.05) is 17.7 Å². The molecule has 4 nitrogen and oxygen atoms in total. The number of hydrogen-bond donors (Lipinski definition) is 0. The van der Waals surface area contributed by atoms with E-state index in [1.54, 1.807) is 0 Å². The molecule has 24 heavy (non-hydrogen) atoms. The fourth-order valence-electron chi connectivity index (χ4n) is 5.54. The van der Waals surface area contributed by atoms with Crippen molar-refractivity contribution >= 4 is 17.6 Å². The molecule has 0 radical (unpaired) electrons. The van der Waals surface area contributed by atoms with Crippen LogP contribution >= 0.6 is 0 Å². The van der Waals surface area contributed by atoms with Gasteiger partial charge in [-0.3, -0.25) is 9.59 Å². The number of amides is 1. The molecule has 1 aromatic rings. The summed E-state index contributed by atoms with van der Waals surface area (Å²) < 4.78 is 5.49. The number of rotatable bonds is 3. The molecule has 3 aliphatic rings. The topological polar surface area (TPSA) is 46.6 Å². The minimum atomic E-state index is -0.207. The molecule has 2 bridgehead atoms. The number of ether oxygens (including phenoxy) is 1. The lowest BCUT2D eigenvalue weighted by Crippen LogP contribution is -2.43. The van der Waals surface area contributed by atoms with Crippen LogP contribution in [-0.4, -0.2) is 24.5 Å². The lowest BCUT2D eigenvalue weighted by Gasteiger charge is -2.32. The van der Waals surface area contributed by atoms with Gasteiger partial charge < -0.3 is 9.64 Å². The lowest BCUT2D eigenvalue weighted by molar-refractivity contribution is -0.145. The molecule has 3 fully saturated rings. The quantitative estimate of drug-likeness (QED) is 0.801. The molecule has 5 atom stereocenters. The predicted molar refractivity (Wildman–Crippen MR) is 91.8 cm³/mol. The van der Waals surface area contributed by atoms with Crippen molar-refractivity contribution in [2.75, 3.05) is 11.4 Å². The maximum absolute atomic E-state index is 13.4. The van der Waals surface area contributed by atoms with Crippen LogP contribution in [-0.2, 0) is 14.3 Å². The number of aryl methyl sites for hydroxylation is 3. The summed E-state index contributed by atoms with van der Waals surface area (Å²) in [5.41, 5.74) is 4.47. The van der Waals surface area contributed by atoms with Crippen LogP contribution in [0.4, 0.5) is 5.69 Å². The van der Waals surface area contributed by atoms with E-state index in [0.717, 1.165) is 29.7 Å². The molecule has 1 heterocycles. The van der Waals surface area contributed by atoms with Crippen LogP contribution in [0.2, 0.25) is 0 Å². The second-order valence-electron chi connectivity index (χ2n) is 7.75. The van der Waals surface area contributed by atoms with Crippen molar-refractivity contribution in [1.82, 2.24) is 0 Å². The summed E-state index contributed by atoms with van der Waals surface area (Å²) in [7, 11) is 0. The van der Waals surface area contributed by atoms with Crippen molar-refractivity contribution in [1.29, 1.82) is 0 Å². The minimum Gasteiger partial charge on any atom is -0.462 e. The molecule has 1 aromatic carbocycles. The van der Waals surface area contributed by atoms with Crippen LogP contribution < -0.4 is 4.90 Å². The van der Waals surface area contributed by atoms with Gasteiger partial charge in [-0.05, 0) is 57.6 Å². The average Bonchev–Trinajstić information content (AvgIpc) is 3.11. The van der Waals surface area contributed by atoms with Crippen LogP contribution in [0.15, 0.2) is 12.1 Å². The van der Waals surface area contributed by atoms with Gasteiger partial charge in [0.1, 0.15) is 6.10 Å². The van der Waals surface area contributed by atoms with Crippen LogP contribution in [0.3, 0.4) is 0 Å². The number of esters is 1. The van der Waals surface area contributed by atoms with E-state index in [0.29, 0.717) is 12.5 Å². The van der Waals surface area contributed by atoms with Gasteiger partial charge in [-0.15, -0.1) is 0 Å². The Morgan fingerprint density at radius 3 is 2.50 bits per heavy atom. The van der Waals surface area contributed by atoms with Gasteiger partial charge in [0.25, 0.3) is 0 Å². The van der Waals surface area contributed by atoms with Crippen molar-refractivity contribution in [2.24, 2.45) is 23.7 Å². The van der Waals surface area contributed by atoms with E-state index in [-0.39, 0.29) is 35.7 Å². The third-order valence-electron chi connectivity index (χ3n) is 6.26. The Kier molecular flexibility index (Phi) is 3.48. The summed E-state index contributed by atoms with van der Waals surface area (Å²) in [5, 5.41) is 0. The average molecular weight is 327 g/mol. The third kappa shape index (κ3) is 2.04. The van der Waals surface area contributed by atoms with Gasteiger partial charge in [0, 0.05) is 18.2 Å². The van der Waals surface area contributed by atoms with Crippen molar-refractivity contribution in [2.45, 2.75) is 46.6 Å². The summed E-state index contributed by atoms with van der Waals surface area (Å²) in [6.45, 7) is 8.84. The summed E-state index contributed by atoms with van der Waals surface area (Å²) in [6.07, 6.45) is 1.92. The standard InChI is InChI=1S/C20H25NO3/c1-5-21(18-11(3)6-10(2)7-12(18)4)19(22)16-13-8-14-15(9-13)24-20(23)17(14)16/h6-7,13-17H,5,8-9H2,1-4H3/t13-,14+,15-,16?,17-/m0/s1. The van der Waals surface area contributed by atoms with Crippen LogP contribution in [0, 0.1) is 44.4 Å². The molecular weight excluding hydrogens is 302 g/mol. The minimum absolute atomic E-state index is 0.0782. The zero-order chi connectivity index (χ0) is 17.2. The van der Waals surface area contributed by atoms with Gasteiger partial charge >= 0.3 is 5.97 Å². The Bertz CT molecular complexity index is 701.